The fourth-order valence-corrected chi connectivity index (χ4v) is 2.77. The van der Waals surface area contributed by atoms with E-state index in [9.17, 15) is 10.4 Å². The van der Waals surface area contributed by atoms with Gasteiger partial charge in [0.15, 0.2) is 0 Å². The lowest BCUT2D eigenvalue weighted by molar-refractivity contribution is 0.0668. The van der Waals surface area contributed by atoms with Gasteiger partial charge in [-0.05, 0) is 37.0 Å². The largest absolute Gasteiger partial charge is 0.494 e. The second kappa shape index (κ2) is 6.08. The maximum atomic E-state index is 10.5. The molecule has 0 spiro atoms. The molecule has 1 saturated carbocycles. The van der Waals surface area contributed by atoms with Crippen molar-refractivity contribution in [3.63, 3.8) is 0 Å². The predicted octanol–water partition coefficient (Wildman–Crippen LogP) is 3.59. The van der Waals surface area contributed by atoms with E-state index in [1.807, 2.05) is 24.3 Å². The lowest BCUT2D eigenvalue weighted by atomic mass is 9.79. The highest BCUT2D eigenvalue weighted by Crippen LogP contribution is 2.47. The van der Waals surface area contributed by atoms with Gasteiger partial charge in [-0.1, -0.05) is 31.9 Å². The highest BCUT2D eigenvalue weighted by atomic mass is 16.5. The average molecular weight is 259 g/mol. The fourth-order valence-electron chi connectivity index (χ4n) is 2.77. The van der Waals surface area contributed by atoms with E-state index in [2.05, 4.69) is 13.0 Å². The van der Waals surface area contributed by atoms with Crippen molar-refractivity contribution in [1.29, 1.82) is 5.26 Å². The van der Waals surface area contributed by atoms with Crippen LogP contribution in [-0.4, -0.2) is 11.7 Å². The van der Waals surface area contributed by atoms with E-state index >= 15 is 0 Å². The molecule has 1 N–H and O–H groups in total. The summed E-state index contributed by atoms with van der Waals surface area (Å²) in [6.07, 6.45) is 3.85. The number of ether oxygens (including phenoxy) is 1. The Hall–Kier alpha value is -1.53. The summed E-state index contributed by atoms with van der Waals surface area (Å²) in [4.78, 5) is 0. The Balaban J connectivity index is 2.19. The predicted molar refractivity (Wildman–Crippen MR) is 73.7 cm³/mol. The molecule has 0 bridgehead atoms. The summed E-state index contributed by atoms with van der Waals surface area (Å²) in [5.41, 5.74) is 0.181. The van der Waals surface area contributed by atoms with Crippen molar-refractivity contribution in [2.24, 2.45) is 5.41 Å². The minimum absolute atomic E-state index is 0.608. The van der Waals surface area contributed by atoms with Gasteiger partial charge in [-0.25, -0.2) is 0 Å². The Bertz CT molecular complexity index is 458. The van der Waals surface area contributed by atoms with Crippen molar-refractivity contribution < 1.29 is 9.84 Å². The number of hydrogen-bond donors (Lipinski definition) is 1. The summed E-state index contributed by atoms with van der Waals surface area (Å²) < 4.78 is 5.58. The van der Waals surface area contributed by atoms with Crippen LogP contribution in [0.5, 0.6) is 5.75 Å². The molecule has 1 aliphatic carbocycles. The average Bonchev–Trinajstić information content (AvgIpc) is 2.94. The summed E-state index contributed by atoms with van der Waals surface area (Å²) in [6.45, 7) is 2.73. The second-order valence-corrected chi connectivity index (χ2v) is 5.30. The van der Waals surface area contributed by atoms with E-state index in [0.29, 0.717) is 6.61 Å². The van der Waals surface area contributed by atoms with E-state index in [4.69, 9.17) is 4.74 Å². The zero-order chi connectivity index (χ0) is 13.7. The maximum Gasteiger partial charge on any atom is 0.119 e. The molecule has 0 heterocycles. The number of nitriles is 1. The standard InChI is InChI=1S/C16H21NO2/c1-2-10-19-14-7-5-6-13(11-14)15(18)16(12-17)8-3-4-9-16/h5-7,11,15,18H,2-4,8-10H2,1H3. The van der Waals surface area contributed by atoms with Gasteiger partial charge in [0.2, 0.25) is 0 Å². The summed E-state index contributed by atoms with van der Waals surface area (Å²) >= 11 is 0. The molecule has 0 saturated heterocycles. The molecule has 1 atom stereocenters. The third-order valence-electron chi connectivity index (χ3n) is 3.89. The third kappa shape index (κ3) is 2.90. The number of nitrogens with zero attached hydrogens (tertiary/aromatic N) is 1. The van der Waals surface area contributed by atoms with E-state index in [1.165, 1.54) is 0 Å². The van der Waals surface area contributed by atoms with E-state index in [1.54, 1.807) is 0 Å². The zero-order valence-electron chi connectivity index (χ0n) is 11.4. The number of aliphatic hydroxyl groups is 1. The molecular formula is C16H21NO2. The van der Waals surface area contributed by atoms with Crippen molar-refractivity contribution in [1.82, 2.24) is 0 Å². The first-order valence-electron chi connectivity index (χ1n) is 7.04. The Morgan fingerprint density at radius 2 is 2.16 bits per heavy atom. The number of benzene rings is 1. The van der Waals surface area contributed by atoms with Gasteiger partial charge in [-0.2, -0.15) is 5.26 Å². The van der Waals surface area contributed by atoms with Gasteiger partial charge in [-0.3, -0.25) is 0 Å². The minimum Gasteiger partial charge on any atom is -0.494 e. The quantitative estimate of drug-likeness (QED) is 0.879. The van der Waals surface area contributed by atoms with Crippen LogP contribution in [0.1, 0.15) is 50.7 Å². The number of aliphatic hydroxyl groups excluding tert-OH is 1. The Morgan fingerprint density at radius 1 is 1.42 bits per heavy atom. The molecule has 3 heteroatoms. The van der Waals surface area contributed by atoms with Crippen LogP contribution >= 0.6 is 0 Å². The normalized spacial score (nSPS) is 18.8. The van der Waals surface area contributed by atoms with Gasteiger partial charge in [0.1, 0.15) is 5.75 Å². The minimum atomic E-state index is -0.717. The van der Waals surface area contributed by atoms with Crippen LogP contribution in [0.2, 0.25) is 0 Å². The fraction of sp³-hybridized carbons (Fsp3) is 0.562. The molecule has 3 nitrogen and oxygen atoms in total. The van der Waals surface area contributed by atoms with Crippen molar-refractivity contribution in [3.8, 4) is 11.8 Å². The highest BCUT2D eigenvalue weighted by molar-refractivity contribution is 5.32. The molecule has 1 unspecified atom stereocenters. The first-order valence-corrected chi connectivity index (χ1v) is 7.04. The van der Waals surface area contributed by atoms with Crippen LogP contribution in [0, 0.1) is 16.7 Å². The van der Waals surface area contributed by atoms with Gasteiger partial charge in [0.05, 0.1) is 24.2 Å². The molecule has 1 fully saturated rings. The molecule has 0 amide bonds. The van der Waals surface area contributed by atoms with Crippen LogP contribution in [0.3, 0.4) is 0 Å². The summed E-state index contributed by atoms with van der Waals surface area (Å²) in [5, 5.41) is 20.0. The Kier molecular flexibility index (Phi) is 4.44. The monoisotopic (exact) mass is 259 g/mol. The zero-order valence-corrected chi connectivity index (χ0v) is 11.4. The summed E-state index contributed by atoms with van der Waals surface area (Å²) in [5.74, 6) is 0.768. The van der Waals surface area contributed by atoms with Crippen molar-refractivity contribution in [3.05, 3.63) is 29.8 Å². The molecule has 1 aromatic rings. The van der Waals surface area contributed by atoms with Crippen LogP contribution in [0.15, 0.2) is 24.3 Å². The second-order valence-electron chi connectivity index (χ2n) is 5.30. The smallest absolute Gasteiger partial charge is 0.119 e. The SMILES string of the molecule is CCCOc1cccc(C(O)C2(C#N)CCCC2)c1. The van der Waals surface area contributed by atoms with Crippen LogP contribution < -0.4 is 4.74 Å². The molecule has 102 valence electrons. The molecule has 0 aliphatic heterocycles. The van der Waals surface area contributed by atoms with E-state index in [-0.39, 0.29) is 0 Å². The lowest BCUT2D eigenvalue weighted by Gasteiger charge is -2.27. The van der Waals surface area contributed by atoms with Crippen LogP contribution in [-0.2, 0) is 0 Å². The van der Waals surface area contributed by atoms with Gasteiger partial charge in [0, 0.05) is 0 Å². The van der Waals surface area contributed by atoms with Crippen molar-refractivity contribution >= 4 is 0 Å². The van der Waals surface area contributed by atoms with Gasteiger partial charge in [0.25, 0.3) is 0 Å². The van der Waals surface area contributed by atoms with Crippen molar-refractivity contribution in [2.45, 2.75) is 45.1 Å². The molecule has 19 heavy (non-hydrogen) atoms. The lowest BCUT2D eigenvalue weighted by Crippen LogP contribution is -2.24. The Labute approximate surface area is 114 Å². The number of rotatable bonds is 5. The van der Waals surface area contributed by atoms with Crippen LogP contribution in [0.4, 0.5) is 0 Å². The van der Waals surface area contributed by atoms with Gasteiger partial charge in [-0.15, -0.1) is 0 Å². The van der Waals surface area contributed by atoms with Crippen molar-refractivity contribution in [2.75, 3.05) is 6.61 Å². The van der Waals surface area contributed by atoms with Gasteiger partial charge < -0.3 is 9.84 Å². The van der Waals surface area contributed by atoms with E-state index < -0.39 is 11.5 Å². The summed E-state index contributed by atoms with van der Waals surface area (Å²) in [7, 11) is 0. The first-order chi connectivity index (χ1) is 9.22. The van der Waals surface area contributed by atoms with Crippen LogP contribution in [0.25, 0.3) is 0 Å². The highest BCUT2D eigenvalue weighted by Gasteiger charge is 2.41. The molecule has 1 aliphatic rings. The third-order valence-corrected chi connectivity index (χ3v) is 3.89. The topological polar surface area (TPSA) is 53.2 Å². The molecule has 0 aromatic heterocycles. The van der Waals surface area contributed by atoms with Gasteiger partial charge >= 0.3 is 0 Å². The summed E-state index contributed by atoms with van der Waals surface area (Å²) in [6, 6.07) is 9.85. The molecule has 0 radical (unpaired) electrons. The molecule has 2 rings (SSSR count). The van der Waals surface area contributed by atoms with E-state index in [0.717, 1.165) is 43.4 Å². The molecule has 1 aromatic carbocycles. The maximum absolute atomic E-state index is 10.5. The number of hydrogen-bond acceptors (Lipinski definition) is 3. The first kappa shape index (κ1) is 13.9. The Morgan fingerprint density at radius 3 is 2.79 bits per heavy atom. The molecular weight excluding hydrogens is 238 g/mol.